The zero-order valence-electron chi connectivity index (χ0n) is 11.1. The van der Waals surface area contributed by atoms with Crippen LogP contribution in [0, 0.1) is 11.8 Å². The number of amides is 1. The zero-order valence-corrected chi connectivity index (χ0v) is 11.1. The molecule has 1 amide bonds. The lowest BCUT2D eigenvalue weighted by Crippen LogP contribution is -2.40. The Labute approximate surface area is 114 Å². The van der Waals surface area contributed by atoms with Crippen molar-refractivity contribution in [3.05, 3.63) is 30.1 Å². The standard InChI is InChI=1S/C15H21N3O/c19-15(13-5-9-17-10-6-13)18-14(11-1-2-11)12-3-7-16-8-4-12/h3-4,7-8,11,13-14,17H,1-2,5-6,9-10H2,(H,18,19)/t14-/m1/s1. The molecule has 0 radical (unpaired) electrons. The van der Waals surface area contributed by atoms with E-state index in [1.165, 1.54) is 18.4 Å². The smallest absolute Gasteiger partial charge is 0.223 e. The van der Waals surface area contributed by atoms with E-state index >= 15 is 0 Å². The lowest BCUT2D eigenvalue weighted by molar-refractivity contribution is -0.126. The molecule has 2 heterocycles. The summed E-state index contributed by atoms with van der Waals surface area (Å²) in [5.41, 5.74) is 1.19. The molecule has 102 valence electrons. The average molecular weight is 259 g/mol. The van der Waals surface area contributed by atoms with Gasteiger partial charge in [0.1, 0.15) is 0 Å². The first-order chi connectivity index (χ1) is 9.34. The summed E-state index contributed by atoms with van der Waals surface area (Å²) in [6.45, 7) is 1.92. The predicted molar refractivity (Wildman–Crippen MR) is 73.4 cm³/mol. The number of nitrogens with zero attached hydrogens (tertiary/aromatic N) is 1. The quantitative estimate of drug-likeness (QED) is 0.864. The minimum absolute atomic E-state index is 0.185. The van der Waals surface area contributed by atoms with E-state index in [2.05, 4.69) is 15.6 Å². The minimum atomic E-state index is 0.185. The Hall–Kier alpha value is -1.42. The molecule has 4 heteroatoms. The van der Waals surface area contributed by atoms with Crippen molar-refractivity contribution in [2.75, 3.05) is 13.1 Å². The Morgan fingerprint density at radius 1 is 1.21 bits per heavy atom. The maximum absolute atomic E-state index is 12.4. The molecule has 1 atom stereocenters. The van der Waals surface area contributed by atoms with Crippen LogP contribution in [0.1, 0.15) is 37.3 Å². The van der Waals surface area contributed by atoms with Gasteiger partial charge in [0, 0.05) is 18.3 Å². The molecule has 1 saturated heterocycles. The van der Waals surface area contributed by atoms with Crippen molar-refractivity contribution < 1.29 is 4.79 Å². The van der Waals surface area contributed by atoms with Gasteiger partial charge in [0.05, 0.1) is 6.04 Å². The third-order valence-electron chi connectivity index (χ3n) is 4.17. The van der Waals surface area contributed by atoms with Crippen molar-refractivity contribution in [1.82, 2.24) is 15.6 Å². The summed E-state index contributed by atoms with van der Waals surface area (Å²) >= 11 is 0. The molecule has 3 rings (SSSR count). The predicted octanol–water partition coefficient (Wildman–Crippen LogP) is 1.65. The van der Waals surface area contributed by atoms with E-state index in [4.69, 9.17) is 0 Å². The fraction of sp³-hybridized carbons (Fsp3) is 0.600. The van der Waals surface area contributed by atoms with E-state index in [0.717, 1.165) is 25.9 Å². The molecular weight excluding hydrogens is 238 g/mol. The van der Waals surface area contributed by atoms with Crippen LogP contribution in [0.5, 0.6) is 0 Å². The lowest BCUT2D eigenvalue weighted by atomic mass is 9.95. The van der Waals surface area contributed by atoms with E-state index in [0.29, 0.717) is 5.92 Å². The summed E-state index contributed by atoms with van der Waals surface area (Å²) < 4.78 is 0. The molecule has 0 aromatic carbocycles. The maximum Gasteiger partial charge on any atom is 0.223 e. The highest BCUT2D eigenvalue weighted by molar-refractivity contribution is 5.79. The van der Waals surface area contributed by atoms with Gasteiger partial charge < -0.3 is 10.6 Å². The van der Waals surface area contributed by atoms with Gasteiger partial charge in [-0.05, 0) is 62.4 Å². The summed E-state index contributed by atoms with van der Waals surface area (Å²) in [7, 11) is 0. The number of piperidine rings is 1. The van der Waals surface area contributed by atoms with Crippen LogP contribution in [0.2, 0.25) is 0 Å². The number of pyridine rings is 1. The van der Waals surface area contributed by atoms with Crippen molar-refractivity contribution in [3.8, 4) is 0 Å². The number of hydrogen-bond acceptors (Lipinski definition) is 3. The van der Waals surface area contributed by atoms with Crippen molar-refractivity contribution in [1.29, 1.82) is 0 Å². The fourth-order valence-electron chi connectivity index (χ4n) is 2.83. The summed E-state index contributed by atoms with van der Waals surface area (Å²) in [6.07, 6.45) is 7.97. The molecule has 2 N–H and O–H groups in total. The van der Waals surface area contributed by atoms with Gasteiger partial charge in [-0.3, -0.25) is 9.78 Å². The molecule has 0 bridgehead atoms. The number of carbonyl (C=O) groups excluding carboxylic acids is 1. The average Bonchev–Trinajstić information content (AvgIpc) is 3.31. The van der Waals surface area contributed by atoms with Crippen LogP contribution in [-0.2, 0) is 4.79 Å². The van der Waals surface area contributed by atoms with Crippen LogP contribution in [0.25, 0.3) is 0 Å². The van der Waals surface area contributed by atoms with Crippen LogP contribution < -0.4 is 10.6 Å². The van der Waals surface area contributed by atoms with Crippen molar-refractivity contribution >= 4 is 5.91 Å². The lowest BCUT2D eigenvalue weighted by Gasteiger charge is -2.25. The Kier molecular flexibility index (Phi) is 3.78. The molecule has 2 aliphatic rings. The largest absolute Gasteiger partial charge is 0.349 e. The molecule has 2 fully saturated rings. The Bertz CT molecular complexity index is 424. The highest BCUT2D eigenvalue weighted by atomic mass is 16.1. The van der Waals surface area contributed by atoms with Gasteiger partial charge in [-0.15, -0.1) is 0 Å². The third kappa shape index (κ3) is 3.13. The van der Waals surface area contributed by atoms with Crippen molar-refractivity contribution in [2.45, 2.75) is 31.7 Å². The normalized spacial score (nSPS) is 21.9. The first-order valence-electron chi connectivity index (χ1n) is 7.25. The Morgan fingerprint density at radius 2 is 1.89 bits per heavy atom. The minimum Gasteiger partial charge on any atom is -0.349 e. The number of rotatable bonds is 4. The molecule has 19 heavy (non-hydrogen) atoms. The number of aromatic nitrogens is 1. The molecule has 0 spiro atoms. The fourth-order valence-corrected chi connectivity index (χ4v) is 2.83. The van der Waals surface area contributed by atoms with E-state index in [1.807, 2.05) is 12.1 Å². The highest BCUT2D eigenvalue weighted by Crippen LogP contribution is 2.41. The van der Waals surface area contributed by atoms with Gasteiger partial charge >= 0.3 is 0 Å². The molecule has 0 unspecified atom stereocenters. The summed E-state index contributed by atoms with van der Waals surface area (Å²) in [6, 6.07) is 4.22. The SMILES string of the molecule is O=C(N[C@@H](c1ccncc1)C1CC1)C1CCNCC1. The number of hydrogen-bond donors (Lipinski definition) is 2. The number of carbonyl (C=O) groups is 1. The summed E-state index contributed by atoms with van der Waals surface area (Å²) in [5, 5.41) is 6.57. The monoisotopic (exact) mass is 259 g/mol. The van der Waals surface area contributed by atoms with E-state index in [9.17, 15) is 4.79 Å². The van der Waals surface area contributed by atoms with Crippen LogP contribution in [0.15, 0.2) is 24.5 Å². The molecule has 1 aromatic rings. The summed E-state index contributed by atoms with van der Waals surface area (Å²) in [5.74, 6) is 1.03. The molecule has 4 nitrogen and oxygen atoms in total. The van der Waals surface area contributed by atoms with Gasteiger partial charge in [-0.1, -0.05) is 0 Å². The number of nitrogens with one attached hydrogen (secondary N) is 2. The van der Waals surface area contributed by atoms with Crippen LogP contribution in [0.3, 0.4) is 0 Å². The zero-order chi connectivity index (χ0) is 13.1. The molecule has 1 saturated carbocycles. The van der Waals surface area contributed by atoms with E-state index in [-0.39, 0.29) is 17.9 Å². The Balaban J connectivity index is 1.66. The van der Waals surface area contributed by atoms with Crippen molar-refractivity contribution in [2.24, 2.45) is 11.8 Å². The third-order valence-corrected chi connectivity index (χ3v) is 4.17. The second-order valence-electron chi connectivity index (χ2n) is 5.63. The van der Waals surface area contributed by atoms with E-state index < -0.39 is 0 Å². The first-order valence-corrected chi connectivity index (χ1v) is 7.25. The van der Waals surface area contributed by atoms with E-state index in [1.54, 1.807) is 12.4 Å². The first kappa shape index (κ1) is 12.6. The second-order valence-corrected chi connectivity index (χ2v) is 5.63. The Morgan fingerprint density at radius 3 is 2.53 bits per heavy atom. The molecule has 1 aliphatic carbocycles. The summed E-state index contributed by atoms with van der Waals surface area (Å²) in [4.78, 5) is 16.4. The van der Waals surface area contributed by atoms with Crippen LogP contribution in [-0.4, -0.2) is 24.0 Å². The maximum atomic E-state index is 12.4. The van der Waals surface area contributed by atoms with Crippen LogP contribution in [0.4, 0.5) is 0 Å². The van der Waals surface area contributed by atoms with Gasteiger partial charge in [-0.25, -0.2) is 0 Å². The van der Waals surface area contributed by atoms with Crippen LogP contribution >= 0.6 is 0 Å². The molecule has 1 aromatic heterocycles. The molecular formula is C15H21N3O. The van der Waals surface area contributed by atoms with Crippen molar-refractivity contribution in [3.63, 3.8) is 0 Å². The second kappa shape index (κ2) is 5.70. The van der Waals surface area contributed by atoms with Gasteiger partial charge in [0.25, 0.3) is 0 Å². The topological polar surface area (TPSA) is 54.0 Å². The van der Waals surface area contributed by atoms with Gasteiger partial charge in [-0.2, -0.15) is 0 Å². The van der Waals surface area contributed by atoms with Gasteiger partial charge in [0.15, 0.2) is 0 Å². The highest BCUT2D eigenvalue weighted by Gasteiger charge is 2.34. The van der Waals surface area contributed by atoms with Gasteiger partial charge in [0.2, 0.25) is 5.91 Å². The molecule has 1 aliphatic heterocycles.